The molecule has 0 aromatic heterocycles. The SMILES string of the molecule is CSCO[C@@H](CC(C)=O)c1ccccc1. The largest absolute Gasteiger partial charge is 0.362 e. The maximum atomic E-state index is 11.1. The van der Waals surface area contributed by atoms with Crippen molar-refractivity contribution >= 4 is 17.5 Å². The second-order valence-corrected chi connectivity index (χ2v) is 4.19. The minimum absolute atomic E-state index is 0.101. The Kier molecular flexibility index (Phi) is 5.43. The van der Waals surface area contributed by atoms with Crippen molar-refractivity contribution in [3.63, 3.8) is 0 Å². The van der Waals surface area contributed by atoms with Crippen molar-refractivity contribution < 1.29 is 9.53 Å². The average Bonchev–Trinajstić information content (AvgIpc) is 2.25. The second-order valence-electron chi connectivity index (χ2n) is 3.38. The van der Waals surface area contributed by atoms with Crippen LogP contribution in [0.2, 0.25) is 0 Å². The van der Waals surface area contributed by atoms with Crippen LogP contribution >= 0.6 is 11.8 Å². The van der Waals surface area contributed by atoms with Crippen LogP contribution in [0.1, 0.15) is 25.0 Å². The predicted octanol–water partition coefficient (Wildman–Crippen LogP) is 3.04. The Labute approximate surface area is 95.0 Å². The third-order valence-corrected chi connectivity index (χ3v) is 2.40. The van der Waals surface area contributed by atoms with E-state index in [-0.39, 0.29) is 11.9 Å². The van der Waals surface area contributed by atoms with Crippen LogP contribution in [0, 0.1) is 0 Å². The molecule has 0 saturated carbocycles. The van der Waals surface area contributed by atoms with E-state index in [1.54, 1.807) is 18.7 Å². The summed E-state index contributed by atoms with van der Waals surface area (Å²) in [4.78, 5) is 11.1. The van der Waals surface area contributed by atoms with E-state index in [0.717, 1.165) is 5.56 Å². The van der Waals surface area contributed by atoms with Gasteiger partial charge in [0.15, 0.2) is 0 Å². The van der Waals surface area contributed by atoms with Crippen LogP contribution in [-0.4, -0.2) is 18.0 Å². The highest BCUT2D eigenvalue weighted by atomic mass is 32.2. The molecule has 1 atom stereocenters. The van der Waals surface area contributed by atoms with Gasteiger partial charge in [0.25, 0.3) is 0 Å². The quantitative estimate of drug-likeness (QED) is 0.695. The molecule has 1 rings (SSSR count). The smallest absolute Gasteiger partial charge is 0.132 e. The van der Waals surface area contributed by atoms with Crippen LogP contribution in [0.5, 0.6) is 0 Å². The van der Waals surface area contributed by atoms with E-state index in [9.17, 15) is 4.79 Å². The van der Waals surface area contributed by atoms with Gasteiger partial charge in [0, 0.05) is 6.42 Å². The fourth-order valence-corrected chi connectivity index (χ4v) is 1.65. The van der Waals surface area contributed by atoms with E-state index in [1.165, 1.54) is 0 Å². The van der Waals surface area contributed by atoms with Crippen molar-refractivity contribution in [2.24, 2.45) is 0 Å². The van der Waals surface area contributed by atoms with E-state index in [0.29, 0.717) is 12.4 Å². The number of hydrogen-bond donors (Lipinski definition) is 0. The number of Topliss-reactive ketones (excluding diaryl/α,β-unsaturated/α-hetero) is 1. The summed E-state index contributed by atoms with van der Waals surface area (Å²) in [5.41, 5.74) is 1.07. The lowest BCUT2D eigenvalue weighted by Crippen LogP contribution is -2.08. The van der Waals surface area contributed by atoms with Gasteiger partial charge in [0.05, 0.1) is 12.0 Å². The Hall–Kier alpha value is -0.800. The number of ether oxygens (including phenoxy) is 1. The van der Waals surface area contributed by atoms with Crippen LogP contribution in [0.4, 0.5) is 0 Å². The number of carbonyl (C=O) groups is 1. The Morgan fingerprint density at radius 1 is 1.40 bits per heavy atom. The summed E-state index contributed by atoms with van der Waals surface area (Å²) in [6, 6.07) is 9.88. The van der Waals surface area contributed by atoms with Crippen LogP contribution in [-0.2, 0) is 9.53 Å². The van der Waals surface area contributed by atoms with Gasteiger partial charge in [-0.05, 0) is 18.7 Å². The van der Waals surface area contributed by atoms with Gasteiger partial charge in [-0.1, -0.05) is 30.3 Å². The fourth-order valence-electron chi connectivity index (χ4n) is 1.35. The molecule has 0 radical (unpaired) electrons. The molecule has 0 unspecified atom stereocenters. The summed E-state index contributed by atoms with van der Waals surface area (Å²) in [6.07, 6.45) is 2.33. The molecule has 2 nitrogen and oxygen atoms in total. The number of benzene rings is 1. The zero-order valence-electron chi connectivity index (χ0n) is 9.10. The van der Waals surface area contributed by atoms with Crippen LogP contribution in [0.3, 0.4) is 0 Å². The van der Waals surface area contributed by atoms with E-state index in [1.807, 2.05) is 36.6 Å². The first-order chi connectivity index (χ1) is 7.24. The third kappa shape index (κ3) is 4.49. The van der Waals surface area contributed by atoms with Crippen LogP contribution in [0.25, 0.3) is 0 Å². The van der Waals surface area contributed by atoms with Crippen molar-refractivity contribution in [3.8, 4) is 0 Å². The van der Waals surface area contributed by atoms with Gasteiger partial charge in [-0.3, -0.25) is 4.79 Å². The molecule has 0 heterocycles. The molecule has 82 valence electrons. The zero-order valence-corrected chi connectivity index (χ0v) is 9.92. The third-order valence-electron chi connectivity index (χ3n) is 2.03. The molecular formula is C12H16O2S. The summed E-state index contributed by atoms with van der Waals surface area (Å²) in [5.74, 6) is 0.775. The molecule has 0 aliphatic rings. The monoisotopic (exact) mass is 224 g/mol. The molecule has 0 amide bonds. The van der Waals surface area contributed by atoms with Crippen molar-refractivity contribution in [1.29, 1.82) is 0 Å². The molecule has 0 fully saturated rings. The summed E-state index contributed by atoms with van der Waals surface area (Å²) in [5, 5.41) is 0. The highest BCUT2D eigenvalue weighted by Gasteiger charge is 2.13. The Bertz CT molecular complexity index is 298. The summed E-state index contributed by atoms with van der Waals surface area (Å²) < 4.78 is 5.63. The molecule has 0 spiro atoms. The van der Waals surface area contributed by atoms with Crippen molar-refractivity contribution in [3.05, 3.63) is 35.9 Å². The molecule has 1 aromatic carbocycles. The fraction of sp³-hybridized carbons (Fsp3) is 0.417. The standard InChI is InChI=1S/C12H16O2S/c1-10(13)8-12(14-9-15-2)11-6-4-3-5-7-11/h3-7,12H,8-9H2,1-2H3/t12-/m0/s1. The number of ketones is 1. The first-order valence-corrected chi connectivity index (χ1v) is 6.28. The van der Waals surface area contributed by atoms with Crippen LogP contribution in [0.15, 0.2) is 30.3 Å². The van der Waals surface area contributed by atoms with E-state index < -0.39 is 0 Å². The molecule has 3 heteroatoms. The number of carbonyl (C=O) groups excluding carboxylic acids is 1. The maximum Gasteiger partial charge on any atom is 0.132 e. The highest BCUT2D eigenvalue weighted by Crippen LogP contribution is 2.22. The van der Waals surface area contributed by atoms with Gasteiger partial charge >= 0.3 is 0 Å². The van der Waals surface area contributed by atoms with Crippen molar-refractivity contribution in [1.82, 2.24) is 0 Å². The molecule has 0 aliphatic heterocycles. The molecule has 0 bridgehead atoms. The topological polar surface area (TPSA) is 26.3 Å². The predicted molar refractivity (Wildman–Crippen MR) is 63.9 cm³/mol. The lowest BCUT2D eigenvalue weighted by Gasteiger charge is -2.16. The minimum Gasteiger partial charge on any atom is -0.362 e. The average molecular weight is 224 g/mol. The first-order valence-electron chi connectivity index (χ1n) is 4.89. The molecule has 15 heavy (non-hydrogen) atoms. The number of hydrogen-bond acceptors (Lipinski definition) is 3. The van der Waals surface area contributed by atoms with Gasteiger partial charge in [-0.25, -0.2) is 0 Å². The normalized spacial score (nSPS) is 12.4. The lowest BCUT2D eigenvalue weighted by atomic mass is 10.1. The molecule has 0 aliphatic carbocycles. The van der Waals surface area contributed by atoms with Crippen LogP contribution < -0.4 is 0 Å². The van der Waals surface area contributed by atoms with Crippen molar-refractivity contribution in [2.45, 2.75) is 19.4 Å². The summed E-state index contributed by atoms with van der Waals surface area (Å²) in [6.45, 7) is 1.60. The Balaban J connectivity index is 2.67. The Morgan fingerprint density at radius 3 is 2.60 bits per heavy atom. The molecular weight excluding hydrogens is 208 g/mol. The van der Waals surface area contributed by atoms with Gasteiger partial charge < -0.3 is 4.74 Å². The van der Waals surface area contributed by atoms with E-state index in [2.05, 4.69) is 0 Å². The lowest BCUT2D eigenvalue weighted by molar-refractivity contribution is -0.119. The summed E-state index contributed by atoms with van der Waals surface area (Å²) >= 11 is 1.62. The van der Waals surface area contributed by atoms with Gasteiger partial charge in [-0.2, -0.15) is 0 Å². The number of rotatable bonds is 6. The second kappa shape index (κ2) is 6.64. The van der Waals surface area contributed by atoms with E-state index >= 15 is 0 Å². The summed E-state index contributed by atoms with van der Waals surface area (Å²) in [7, 11) is 0. The zero-order chi connectivity index (χ0) is 11.1. The molecule has 0 N–H and O–H groups in total. The first kappa shape index (κ1) is 12.3. The van der Waals surface area contributed by atoms with Gasteiger partial charge in [0.1, 0.15) is 5.78 Å². The minimum atomic E-state index is -0.101. The number of thioether (sulfide) groups is 1. The molecule has 0 saturated heterocycles. The van der Waals surface area contributed by atoms with Gasteiger partial charge in [0.2, 0.25) is 0 Å². The molecule has 1 aromatic rings. The Morgan fingerprint density at radius 2 is 2.07 bits per heavy atom. The van der Waals surface area contributed by atoms with E-state index in [4.69, 9.17) is 4.74 Å². The van der Waals surface area contributed by atoms with Gasteiger partial charge in [-0.15, -0.1) is 11.8 Å². The maximum absolute atomic E-state index is 11.1. The highest BCUT2D eigenvalue weighted by molar-refractivity contribution is 7.98. The van der Waals surface area contributed by atoms with Crippen molar-refractivity contribution in [2.75, 3.05) is 12.2 Å².